The Morgan fingerprint density at radius 3 is 2.80 bits per heavy atom. The van der Waals surface area contributed by atoms with Crippen molar-refractivity contribution in [2.75, 3.05) is 13.6 Å². The van der Waals surface area contributed by atoms with Crippen molar-refractivity contribution < 1.29 is 4.79 Å². The maximum absolute atomic E-state index is 12.2. The maximum Gasteiger partial charge on any atom is 0.271 e. The molecule has 0 radical (unpaired) electrons. The molecule has 1 amide bonds. The zero-order chi connectivity index (χ0) is 13.9. The topological polar surface area (TPSA) is 61.0 Å². The second-order valence-corrected chi connectivity index (χ2v) is 6.16. The molecule has 3 rings (SSSR count). The lowest BCUT2D eigenvalue weighted by atomic mass is 10.00. The van der Waals surface area contributed by atoms with Gasteiger partial charge >= 0.3 is 0 Å². The van der Waals surface area contributed by atoms with Crippen LogP contribution < -0.4 is 5.32 Å². The summed E-state index contributed by atoms with van der Waals surface area (Å²) < 4.78 is 0. The summed E-state index contributed by atoms with van der Waals surface area (Å²) >= 11 is 0. The highest BCUT2D eigenvalue weighted by Gasteiger charge is 2.24. The molecule has 1 aromatic heterocycles. The van der Waals surface area contributed by atoms with Gasteiger partial charge in [-0.15, -0.1) is 0 Å². The Kier molecular flexibility index (Phi) is 4.05. The van der Waals surface area contributed by atoms with Gasteiger partial charge in [0.05, 0.1) is 11.7 Å². The lowest BCUT2D eigenvalue weighted by Crippen LogP contribution is -2.32. The number of nitrogens with one attached hydrogen (secondary N) is 2. The number of amides is 1. The molecule has 0 spiro atoms. The Hall–Kier alpha value is -1.36. The van der Waals surface area contributed by atoms with Crippen molar-refractivity contribution in [3.8, 4) is 0 Å². The van der Waals surface area contributed by atoms with E-state index in [-0.39, 0.29) is 5.91 Å². The van der Waals surface area contributed by atoms with E-state index in [2.05, 4.69) is 27.5 Å². The number of rotatable bonds is 3. The summed E-state index contributed by atoms with van der Waals surface area (Å²) in [7, 11) is 2.14. The molecule has 2 N–H and O–H groups in total. The number of piperidine rings is 1. The van der Waals surface area contributed by atoms with Crippen molar-refractivity contribution in [1.29, 1.82) is 0 Å². The monoisotopic (exact) mass is 276 g/mol. The molecule has 1 saturated heterocycles. The van der Waals surface area contributed by atoms with Crippen LogP contribution in [0.2, 0.25) is 0 Å². The summed E-state index contributed by atoms with van der Waals surface area (Å²) in [6.07, 6.45) is 8.31. The van der Waals surface area contributed by atoms with Gasteiger partial charge in [0.2, 0.25) is 0 Å². The Labute approximate surface area is 120 Å². The predicted molar refractivity (Wildman–Crippen MR) is 77.5 cm³/mol. The lowest BCUT2D eigenvalue weighted by Gasteiger charge is -2.31. The molecule has 0 aromatic carbocycles. The Bertz CT molecular complexity index is 464. The number of carbonyl (C=O) groups excluding carboxylic acids is 1. The third-order valence-corrected chi connectivity index (χ3v) is 4.65. The van der Waals surface area contributed by atoms with Crippen molar-refractivity contribution >= 4 is 5.91 Å². The molecule has 0 bridgehead atoms. The molecule has 5 nitrogen and oxygen atoms in total. The summed E-state index contributed by atoms with van der Waals surface area (Å²) in [5, 5.41) is 10.4. The summed E-state index contributed by atoms with van der Waals surface area (Å²) in [6, 6.07) is 2.65. The van der Waals surface area contributed by atoms with Crippen LogP contribution in [0.5, 0.6) is 0 Å². The fourth-order valence-electron chi connectivity index (χ4n) is 3.42. The van der Waals surface area contributed by atoms with E-state index in [0.717, 1.165) is 31.5 Å². The highest BCUT2D eigenvalue weighted by atomic mass is 16.2. The molecule has 110 valence electrons. The normalized spacial score (nSPS) is 24.9. The quantitative estimate of drug-likeness (QED) is 0.890. The first-order valence-corrected chi connectivity index (χ1v) is 7.80. The van der Waals surface area contributed by atoms with Gasteiger partial charge in [-0.25, -0.2) is 0 Å². The van der Waals surface area contributed by atoms with Gasteiger partial charge in [-0.2, -0.15) is 5.10 Å². The van der Waals surface area contributed by atoms with E-state index in [1.165, 1.54) is 25.7 Å². The molecule has 1 aromatic rings. The largest absolute Gasteiger partial charge is 0.348 e. The molecule has 2 aliphatic rings. The van der Waals surface area contributed by atoms with Gasteiger partial charge < -0.3 is 5.32 Å². The number of nitrogens with zero attached hydrogens (tertiary/aromatic N) is 2. The van der Waals surface area contributed by atoms with Crippen LogP contribution in [0.15, 0.2) is 6.07 Å². The number of hydrogen-bond acceptors (Lipinski definition) is 3. The molecule has 2 heterocycles. The first-order valence-electron chi connectivity index (χ1n) is 7.80. The average Bonchev–Trinajstić information content (AvgIpc) is 3.10. The van der Waals surface area contributed by atoms with E-state index in [1.807, 2.05) is 6.07 Å². The van der Waals surface area contributed by atoms with Crippen molar-refractivity contribution in [3.63, 3.8) is 0 Å². The van der Waals surface area contributed by atoms with Crippen molar-refractivity contribution in [2.24, 2.45) is 0 Å². The molecular weight excluding hydrogens is 252 g/mol. The summed E-state index contributed by atoms with van der Waals surface area (Å²) in [5.41, 5.74) is 1.61. The molecule has 5 heteroatoms. The first kappa shape index (κ1) is 13.6. The van der Waals surface area contributed by atoms with Crippen LogP contribution in [0.3, 0.4) is 0 Å². The van der Waals surface area contributed by atoms with E-state index in [9.17, 15) is 4.79 Å². The zero-order valence-electron chi connectivity index (χ0n) is 12.2. The standard InChI is InChI=1S/C15H24N4O/c1-19-9-5-4-8-14(19)12-10-13(18-17-12)15(20)16-11-6-2-3-7-11/h10-11,14H,2-9H2,1H3,(H,16,20)(H,17,18)/t14-/m1/s1. The zero-order valence-corrected chi connectivity index (χ0v) is 12.2. The molecule has 1 aliphatic carbocycles. The van der Waals surface area contributed by atoms with Crippen LogP contribution in [-0.2, 0) is 0 Å². The van der Waals surface area contributed by atoms with Gasteiger partial charge in [0, 0.05) is 6.04 Å². The number of likely N-dealkylation sites (tertiary alicyclic amines) is 1. The molecule has 1 atom stereocenters. The maximum atomic E-state index is 12.2. The van der Waals surface area contributed by atoms with Crippen LogP contribution in [0, 0.1) is 0 Å². The minimum absolute atomic E-state index is 0.0298. The first-order chi connectivity index (χ1) is 9.74. The molecular formula is C15H24N4O. The van der Waals surface area contributed by atoms with Crippen LogP contribution in [-0.4, -0.2) is 40.6 Å². The second-order valence-electron chi connectivity index (χ2n) is 6.16. The molecule has 20 heavy (non-hydrogen) atoms. The third-order valence-electron chi connectivity index (χ3n) is 4.65. The van der Waals surface area contributed by atoms with E-state index >= 15 is 0 Å². The van der Waals surface area contributed by atoms with Gasteiger partial charge in [0.25, 0.3) is 5.91 Å². The van der Waals surface area contributed by atoms with Crippen LogP contribution in [0.4, 0.5) is 0 Å². The van der Waals surface area contributed by atoms with Gasteiger partial charge in [-0.3, -0.25) is 14.8 Å². The molecule has 1 aliphatic heterocycles. The van der Waals surface area contributed by atoms with Crippen LogP contribution >= 0.6 is 0 Å². The van der Waals surface area contributed by atoms with Gasteiger partial charge in [-0.1, -0.05) is 19.3 Å². The highest BCUT2D eigenvalue weighted by molar-refractivity contribution is 5.92. The Morgan fingerprint density at radius 2 is 2.05 bits per heavy atom. The van der Waals surface area contributed by atoms with E-state index < -0.39 is 0 Å². The van der Waals surface area contributed by atoms with Gasteiger partial charge in [0.15, 0.2) is 0 Å². The average molecular weight is 276 g/mol. The minimum atomic E-state index is -0.0298. The predicted octanol–water partition coefficient (Wildman–Crippen LogP) is 2.24. The van der Waals surface area contributed by atoms with Crippen LogP contribution in [0.1, 0.15) is 67.2 Å². The summed E-state index contributed by atoms with van der Waals surface area (Å²) in [5.74, 6) is -0.0298. The molecule has 0 unspecified atom stereocenters. The van der Waals surface area contributed by atoms with Gasteiger partial charge in [-0.05, 0) is 45.3 Å². The second kappa shape index (κ2) is 5.95. The number of aromatic nitrogens is 2. The highest BCUT2D eigenvalue weighted by Crippen LogP contribution is 2.28. The Morgan fingerprint density at radius 1 is 1.30 bits per heavy atom. The van der Waals surface area contributed by atoms with Crippen LogP contribution in [0.25, 0.3) is 0 Å². The number of hydrogen-bond donors (Lipinski definition) is 2. The lowest BCUT2D eigenvalue weighted by molar-refractivity contribution is 0.0933. The minimum Gasteiger partial charge on any atom is -0.348 e. The molecule has 2 fully saturated rings. The fourth-order valence-corrected chi connectivity index (χ4v) is 3.42. The Balaban J connectivity index is 1.64. The number of carbonyl (C=O) groups is 1. The number of H-pyrrole nitrogens is 1. The van der Waals surface area contributed by atoms with E-state index in [1.54, 1.807) is 0 Å². The van der Waals surface area contributed by atoms with Gasteiger partial charge in [0.1, 0.15) is 5.69 Å². The summed E-state index contributed by atoms with van der Waals surface area (Å²) in [6.45, 7) is 1.12. The molecule has 1 saturated carbocycles. The van der Waals surface area contributed by atoms with Crippen molar-refractivity contribution in [2.45, 2.75) is 57.0 Å². The van der Waals surface area contributed by atoms with E-state index in [4.69, 9.17) is 0 Å². The third kappa shape index (κ3) is 2.87. The smallest absolute Gasteiger partial charge is 0.271 e. The van der Waals surface area contributed by atoms with E-state index in [0.29, 0.717) is 17.8 Å². The summed E-state index contributed by atoms with van der Waals surface area (Å²) in [4.78, 5) is 14.5. The SMILES string of the molecule is CN1CCCC[C@@H]1c1cc(C(=O)NC2CCCC2)n[nH]1. The van der Waals surface area contributed by atoms with Crippen molar-refractivity contribution in [1.82, 2.24) is 20.4 Å². The fraction of sp³-hybridized carbons (Fsp3) is 0.733. The number of aromatic amines is 1. The van der Waals surface area contributed by atoms with Crippen molar-refractivity contribution in [3.05, 3.63) is 17.5 Å².